The van der Waals surface area contributed by atoms with Gasteiger partial charge in [-0.1, -0.05) is 0 Å². The van der Waals surface area contributed by atoms with E-state index in [1.165, 1.54) is 4.90 Å². The van der Waals surface area contributed by atoms with Gasteiger partial charge in [-0.2, -0.15) is 13.2 Å². The van der Waals surface area contributed by atoms with Crippen LogP contribution in [0.1, 0.15) is 32.8 Å². The van der Waals surface area contributed by atoms with Crippen molar-refractivity contribution in [3.8, 4) is 0 Å². The molecule has 0 aromatic carbocycles. The normalized spacial score (nSPS) is 18.6. The molecular formula is C15H19F4N3O2. The minimum atomic E-state index is -4.64. The number of hydrogen-bond donors (Lipinski definition) is 1. The maximum Gasteiger partial charge on any atom is 0.417 e. The highest BCUT2D eigenvalue weighted by atomic mass is 19.4. The molecule has 1 aromatic heterocycles. The number of halogens is 4. The predicted octanol–water partition coefficient (Wildman–Crippen LogP) is 3.34. The van der Waals surface area contributed by atoms with Crippen LogP contribution in [-0.4, -0.2) is 35.8 Å². The van der Waals surface area contributed by atoms with Crippen LogP contribution in [0, 0.1) is 5.82 Å². The Bertz CT molecular complexity index is 614. The number of hydrogen-bond acceptors (Lipinski definition) is 4. The number of aromatic nitrogens is 1. The Hall–Kier alpha value is -2.06. The third-order valence-corrected chi connectivity index (χ3v) is 3.34. The van der Waals surface area contributed by atoms with Gasteiger partial charge in [0.15, 0.2) is 11.6 Å². The summed E-state index contributed by atoms with van der Waals surface area (Å²) < 4.78 is 56.8. The first-order valence-electron chi connectivity index (χ1n) is 7.42. The van der Waals surface area contributed by atoms with E-state index in [0.29, 0.717) is 25.2 Å². The lowest BCUT2D eigenvalue weighted by Crippen LogP contribution is -2.42. The van der Waals surface area contributed by atoms with Gasteiger partial charge in [-0.15, -0.1) is 0 Å². The second-order valence-electron chi connectivity index (χ2n) is 6.66. The van der Waals surface area contributed by atoms with E-state index in [1.54, 1.807) is 20.8 Å². The Labute approximate surface area is 137 Å². The van der Waals surface area contributed by atoms with Gasteiger partial charge in [0.25, 0.3) is 0 Å². The number of alkyl carbamates (subject to hydrolysis) is 1. The molecule has 5 nitrogen and oxygen atoms in total. The molecule has 1 atom stereocenters. The summed E-state index contributed by atoms with van der Waals surface area (Å²) in [6.07, 6.45) is -4.67. The van der Waals surface area contributed by atoms with Crippen molar-refractivity contribution in [2.24, 2.45) is 0 Å². The quantitative estimate of drug-likeness (QED) is 0.832. The van der Waals surface area contributed by atoms with Crippen molar-refractivity contribution in [2.75, 3.05) is 18.0 Å². The van der Waals surface area contributed by atoms with Crippen molar-refractivity contribution < 1.29 is 27.1 Å². The predicted molar refractivity (Wildman–Crippen MR) is 79.2 cm³/mol. The van der Waals surface area contributed by atoms with Crippen LogP contribution in [0.15, 0.2) is 12.3 Å². The number of amides is 1. The molecule has 1 amide bonds. The highest BCUT2D eigenvalue weighted by Crippen LogP contribution is 2.31. The van der Waals surface area contributed by atoms with Gasteiger partial charge in [-0.3, -0.25) is 0 Å². The summed E-state index contributed by atoms with van der Waals surface area (Å²) in [4.78, 5) is 16.8. The molecule has 2 heterocycles. The van der Waals surface area contributed by atoms with Crippen LogP contribution in [0.4, 0.5) is 28.2 Å². The molecule has 1 aromatic rings. The first-order chi connectivity index (χ1) is 11.0. The number of anilines is 1. The van der Waals surface area contributed by atoms with Crippen LogP contribution in [0.3, 0.4) is 0 Å². The number of pyridine rings is 1. The van der Waals surface area contributed by atoms with E-state index in [9.17, 15) is 22.4 Å². The van der Waals surface area contributed by atoms with Gasteiger partial charge >= 0.3 is 12.3 Å². The zero-order valence-electron chi connectivity index (χ0n) is 13.6. The number of alkyl halides is 3. The fraction of sp³-hybridized carbons (Fsp3) is 0.600. The van der Waals surface area contributed by atoms with Gasteiger partial charge in [-0.05, 0) is 26.8 Å². The Morgan fingerprint density at radius 3 is 2.58 bits per heavy atom. The van der Waals surface area contributed by atoms with E-state index in [2.05, 4.69) is 10.3 Å². The maximum absolute atomic E-state index is 13.9. The number of nitrogens with zero attached hydrogens (tertiary/aromatic N) is 2. The average Bonchev–Trinajstić information content (AvgIpc) is 2.83. The highest BCUT2D eigenvalue weighted by molar-refractivity contribution is 5.68. The third-order valence-electron chi connectivity index (χ3n) is 3.34. The minimum absolute atomic E-state index is 0.173. The van der Waals surface area contributed by atoms with Crippen LogP contribution in [0.2, 0.25) is 0 Å². The van der Waals surface area contributed by atoms with Crippen LogP contribution in [-0.2, 0) is 10.9 Å². The number of ether oxygens (including phenoxy) is 1. The van der Waals surface area contributed by atoms with Crippen LogP contribution in [0.5, 0.6) is 0 Å². The Morgan fingerprint density at radius 1 is 1.38 bits per heavy atom. The van der Waals surface area contributed by atoms with Crippen molar-refractivity contribution >= 4 is 11.9 Å². The van der Waals surface area contributed by atoms with E-state index in [1.807, 2.05) is 0 Å². The highest BCUT2D eigenvalue weighted by Gasteiger charge is 2.34. The molecule has 134 valence electrons. The maximum atomic E-state index is 13.9. The smallest absolute Gasteiger partial charge is 0.417 e. The number of carbonyl (C=O) groups excluding carboxylic acids is 1. The zero-order chi connectivity index (χ0) is 18.1. The molecule has 2 rings (SSSR count). The van der Waals surface area contributed by atoms with Crippen LogP contribution < -0.4 is 10.2 Å². The second kappa shape index (κ2) is 6.45. The first-order valence-corrected chi connectivity index (χ1v) is 7.42. The summed E-state index contributed by atoms with van der Waals surface area (Å²) in [5.41, 5.74) is -1.59. The number of rotatable bonds is 2. The SMILES string of the molecule is CC(C)(C)NC(=O)O[C@@H]1CCN(c2ncc(C(F)(F)F)cc2F)C1. The molecule has 9 heteroatoms. The minimum Gasteiger partial charge on any atom is -0.444 e. The summed E-state index contributed by atoms with van der Waals surface area (Å²) in [6, 6.07) is 0.419. The van der Waals surface area contributed by atoms with Gasteiger partial charge in [0.05, 0.1) is 12.1 Å². The fourth-order valence-corrected chi connectivity index (χ4v) is 2.32. The molecule has 1 aliphatic rings. The average molecular weight is 349 g/mol. The summed E-state index contributed by atoms with van der Waals surface area (Å²) in [5.74, 6) is -1.23. The van der Waals surface area contributed by atoms with Crippen molar-refractivity contribution in [3.05, 3.63) is 23.6 Å². The monoisotopic (exact) mass is 349 g/mol. The second-order valence-corrected chi connectivity index (χ2v) is 6.66. The van der Waals surface area contributed by atoms with Crippen molar-refractivity contribution in [1.29, 1.82) is 0 Å². The molecule has 0 saturated carbocycles. The molecule has 0 bridgehead atoms. The van der Waals surface area contributed by atoms with Crippen LogP contribution in [0.25, 0.3) is 0 Å². The lowest BCUT2D eigenvalue weighted by molar-refractivity contribution is -0.138. The van der Waals surface area contributed by atoms with E-state index in [4.69, 9.17) is 4.74 Å². The van der Waals surface area contributed by atoms with Gasteiger partial charge in [0.1, 0.15) is 6.10 Å². The number of nitrogens with one attached hydrogen (secondary N) is 1. The number of carbonyl (C=O) groups is 1. The molecular weight excluding hydrogens is 330 g/mol. The van der Waals surface area contributed by atoms with Crippen molar-refractivity contribution in [1.82, 2.24) is 10.3 Å². The summed E-state index contributed by atoms with van der Waals surface area (Å²) in [7, 11) is 0. The molecule has 0 spiro atoms. The lowest BCUT2D eigenvalue weighted by Gasteiger charge is -2.22. The van der Waals surface area contributed by atoms with E-state index < -0.39 is 35.3 Å². The van der Waals surface area contributed by atoms with Crippen LogP contribution >= 0.6 is 0 Å². The zero-order valence-corrected chi connectivity index (χ0v) is 13.6. The van der Waals surface area contributed by atoms with E-state index >= 15 is 0 Å². The van der Waals surface area contributed by atoms with Gasteiger partial charge in [0.2, 0.25) is 0 Å². The molecule has 1 fully saturated rings. The van der Waals surface area contributed by atoms with Crippen molar-refractivity contribution in [3.63, 3.8) is 0 Å². The first kappa shape index (κ1) is 18.3. The van der Waals surface area contributed by atoms with Gasteiger partial charge in [0, 0.05) is 24.7 Å². The molecule has 0 unspecified atom stereocenters. The molecule has 1 saturated heterocycles. The molecule has 24 heavy (non-hydrogen) atoms. The Morgan fingerprint density at radius 2 is 2.04 bits per heavy atom. The Balaban J connectivity index is 2.00. The topological polar surface area (TPSA) is 54.5 Å². The largest absolute Gasteiger partial charge is 0.444 e. The summed E-state index contributed by atoms with van der Waals surface area (Å²) in [5, 5.41) is 2.64. The lowest BCUT2D eigenvalue weighted by atomic mass is 10.1. The fourth-order valence-electron chi connectivity index (χ4n) is 2.32. The molecule has 0 aliphatic carbocycles. The summed E-state index contributed by atoms with van der Waals surface area (Å²) >= 11 is 0. The summed E-state index contributed by atoms with van der Waals surface area (Å²) in [6.45, 7) is 5.92. The van der Waals surface area contributed by atoms with Crippen molar-refractivity contribution in [2.45, 2.75) is 45.0 Å². The van der Waals surface area contributed by atoms with E-state index in [-0.39, 0.29) is 12.4 Å². The van der Waals surface area contributed by atoms with E-state index in [0.717, 1.165) is 0 Å². The standard InChI is InChI=1S/C15H19F4N3O2/c1-14(2,3)21-13(23)24-10-4-5-22(8-10)12-11(16)6-9(7-20-12)15(17,18)19/h6-7,10H,4-5,8H2,1-3H3,(H,21,23)/t10-/m1/s1. The van der Waals surface area contributed by atoms with Gasteiger partial charge in [-0.25, -0.2) is 14.2 Å². The molecule has 1 aliphatic heterocycles. The van der Waals surface area contributed by atoms with Gasteiger partial charge < -0.3 is 15.0 Å². The molecule has 0 radical (unpaired) electrons. The molecule has 1 N–H and O–H groups in total. The Kier molecular flexibility index (Phi) is 4.91. The third kappa shape index (κ3) is 4.72.